The maximum Gasteiger partial charge on any atom is 0.433 e. The normalized spacial score (nSPS) is 26.8. The van der Waals surface area contributed by atoms with Crippen molar-refractivity contribution >= 4 is 17.4 Å². The number of hydrogen-bond acceptors (Lipinski definition) is 3. The van der Waals surface area contributed by atoms with Crippen LogP contribution < -0.4 is 4.90 Å². The number of hydrogen-bond donors (Lipinski definition) is 0. The van der Waals surface area contributed by atoms with Crippen LogP contribution in [0.1, 0.15) is 25.0 Å². The van der Waals surface area contributed by atoms with Crippen molar-refractivity contribution in [3.8, 4) is 0 Å². The molecule has 1 aliphatic carbocycles. The number of fused-ring (bicyclic) bond motifs is 1. The van der Waals surface area contributed by atoms with Crippen molar-refractivity contribution in [2.24, 2.45) is 11.8 Å². The first-order valence-corrected chi connectivity index (χ1v) is 6.68. The highest BCUT2D eigenvalue weighted by molar-refractivity contribution is 6.28. The van der Waals surface area contributed by atoms with Crippen LogP contribution in [-0.2, 0) is 6.18 Å². The van der Waals surface area contributed by atoms with Crippen molar-refractivity contribution in [2.45, 2.75) is 25.4 Å². The molecule has 0 amide bonds. The Morgan fingerprint density at radius 2 is 1.79 bits per heavy atom. The summed E-state index contributed by atoms with van der Waals surface area (Å²) < 4.78 is 38.1. The van der Waals surface area contributed by atoms with E-state index in [0.29, 0.717) is 17.7 Å². The Hall–Kier alpha value is -1.04. The van der Waals surface area contributed by atoms with Gasteiger partial charge in [-0.15, -0.1) is 0 Å². The summed E-state index contributed by atoms with van der Waals surface area (Å²) in [5, 5.41) is -0.345. The van der Waals surface area contributed by atoms with E-state index in [1.807, 2.05) is 4.90 Å². The van der Waals surface area contributed by atoms with Gasteiger partial charge in [-0.25, -0.2) is 9.97 Å². The molecule has 0 aromatic carbocycles. The van der Waals surface area contributed by atoms with Crippen LogP contribution >= 0.6 is 11.6 Å². The number of alkyl halides is 3. The highest BCUT2D eigenvalue weighted by atomic mass is 35.5. The number of aromatic nitrogens is 2. The molecule has 2 atom stereocenters. The molecule has 7 heteroatoms. The summed E-state index contributed by atoms with van der Waals surface area (Å²) in [6, 6.07) is 0.993. The fourth-order valence-corrected chi connectivity index (χ4v) is 3.31. The van der Waals surface area contributed by atoms with E-state index in [1.54, 1.807) is 0 Å². The van der Waals surface area contributed by atoms with Crippen molar-refractivity contribution in [2.75, 3.05) is 18.0 Å². The largest absolute Gasteiger partial charge is 0.433 e. The van der Waals surface area contributed by atoms with Crippen LogP contribution in [-0.4, -0.2) is 23.1 Å². The summed E-state index contributed by atoms with van der Waals surface area (Å²) in [4.78, 5) is 9.09. The topological polar surface area (TPSA) is 29.0 Å². The third-order valence-electron chi connectivity index (χ3n) is 4.03. The monoisotopic (exact) mass is 291 g/mol. The molecule has 1 saturated carbocycles. The minimum Gasteiger partial charge on any atom is -0.356 e. The summed E-state index contributed by atoms with van der Waals surface area (Å²) in [5.41, 5.74) is -0.973. The van der Waals surface area contributed by atoms with Gasteiger partial charge in [0.15, 0.2) is 5.69 Å². The highest BCUT2D eigenvalue weighted by Gasteiger charge is 2.38. The lowest BCUT2D eigenvalue weighted by atomic mass is 10.0. The average molecular weight is 292 g/mol. The molecule has 1 saturated heterocycles. The lowest BCUT2D eigenvalue weighted by Gasteiger charge is -2.19. The molecular weight excluding hydrogens is 279 g/mol. The molecule has 0 spiro atoms. The Kier molecular flexibility index (Phi) is 3.08. The molecule has 2 fully saturated rings. The van der Waals surface area contributed by atoms with Gasteiger partial charge in [0.05, 0.1) is 0 Å². The Morgan fingerprint density at radius 1 is 1.16 bits per heavy atom. The molecule has 1 aromatic rings. The Balaban J connectivity index is 1.87. The summed E-state index contributed by atoms with van der Waals surface area (Å²) in [6.07, 6.45) is -0.948. The van der Waals surface area contributed by atoms with Crippen LogP contribution in [0.3, 0.4) is 0 Å². The molecule has 2 unspecified atom stereocenters. The third kappa shape index (κ3) is 2.50. The van der Waals surface area contributed by atoms with E-state index in [9.17, 15) is 13.2 Å². The molecule has 1 aromatic heterocycles. The Labute approximate surface area is 113 Å². The summed E-state index contributed by atoms with van der Waals surface area (Å²) in [5.74, 6) is 1.47. The minimum atomic E-state index is -4.49. The molecule has 2 aliphatic rings. The fraction of sp³-hybridized carbons (Fsp3) is 0.667. The molecule has 104 valence electrons. The Bertz CT molecular complexity index is 480. The standard InChI is InChI=1S/C12H13ClF3N3/c13-11-17-9(12(14,15)16)4-10(18-11)19-5-7-2-1-3-8(7)6-19/h4,7-8H,1-3,5-6H2. The van der Waals surface area contributed by atoms with Crippen molar-refractivity contribution < 1.29 is 13.2 Å². The van der Waals surface area contributed by atoms with Gasteiger partial charge in [0.2, 0.25) is 5.28 Å². The van der Waals surface area contributed by atoms with Gasteiger partial charge in [0, 0.05) is 19.2 Å². The molecule has 3 nitrogen and oxygen atoms in total. The molecule has 0 radical (unpaired) electrons. The van der Waals surface area contributed by atoms with Crippen molar-refractivity contribution in [3.05, 3.63) is 17.0 Å². The molecule has 0 bridgehead atoms. The smallest absolute Gasteiger partial charge is 0.356 e. The van der Waals surface area contributed by atoms with Gasteiger partial charge < -0.3 is 4.90 Å². The average Bonchev–Trinajstić information content (AvgIpc) is 2.86. The van der Waals surface area contributed by atoms with Crippen molar-refractivity contribution in [3.63, 3.8) is 0 Å². The molecule has 2 heterocycles. The predicted molar refractivity (Wildman–Crippen MR) is 65.1 cm³/mol. The van der Waals surface area contributed by atoms with E-state index in [1.165, 1.54) is 6.42 Å². The first-order valence-electron chi connectivity index (χ1n) is 6.30. The summed E-state index contributed by atoms with van der Waals surface area (Å²) >= 11 is 5.61. The lowest BCUT2D eigenvalue weighted by molar-refractivity contribution is -0.141. The zero-order valence-corrected chi connectivity index (χ0v) is 10.9. The molecule has 0 N–H and O–H groups in total. The minimum absolute atomic E-state index is 0.293. The fourth-order valence-electron chi connectivity index (χ4n) is 3.14. The van der Waals surface area contributed by atoms with Crippen LogP contribution in [0.15, 0.2) is 6.07 Å². The van der Waals surface area contributed by atoms with Crippen LogP contribution in [0.4, 0.5) is 19.0 Å². The van der Waals surface area contributed by atoms with Crippen LogP contribution in [0, 0.1) is 11.8 Å². The van der Waals surface area contributed by atoms with E-state index in [2.05, 4.69) is 9.97 Å². The first-order chi connectivity index (χ1) is 8.93. The molecule has 1 aliphatic heterocycles. The number of anilines is 1. The van der Waals surface area contributed by atoms with Gasteiger partial charge >= 0.3 is 6.18 Å². The van der Waals surface area contributed by atoms with Gasteiger partial charge in [0.1, 0.15) is 5.82 Å². The van der Waals surface area contributed by atoms with E-state index in [0.717, 1.165) is 32.0 Å². The number of halogens is 4. The second-order valence-electron chi connectivity index (χ2n) is 5.23. The van der Waals surface area contributed by atoms with E-state index >= 15 is 0 Å². The first kappa shape index (κ1) is 13.0. The highest BCUT2D eigenvalue weighted by Crippen LogP contribution is 2.40. The molecular formula is C12H13ClF3N3. The van der Waals surface area contributed by atoms with Crippen LogP contribution in [0.25, 0.3) is 0 Å². The second-order valence-corrected chi connectivity index (χ2v) is 5.57. The molecule has 19 heavy (non-hydrogen) atoms. The second kappa shape index (κ2) is 4.51. The van der Waals surface area contributed by atoms with E-state index in [4.69, 9.17) is 11.6 Å². The zero-order chi connectivity index (χ0) is 13.6. The molecule has 3 rings (SSSR count). The summed E-state index contributed by atoms with van der Waals surface area (Å²) in [7, 11) is 0. The number of rotatable bonds is 1. The van der Waals surface area contributed by atoms with E-state index < -0.39 is 11.9 Å². The maximum atomic E-state index is 12.7. The van der Waals surface area contributed by atoms with Gasteiger partial charge in [0.25, 0.3) is 0 Å². The van der Waals surface area contributed by atoms with Crippen LogP contribution in [0.5, 0.6) is 0 Å². The predicted octanol–water partition coefficient (Wildman–Crippen LogP) is 3.39. The van der Waals surface area contributed by atoms with Gasteiger partial charge in [-0.05, 0) is 36.3 Å². The number of nitrogens with zero attached hydrogens (tertiary/aromatic N) is 3. The maximum absolute atomic E-state index is 12.7. The summed E-state index contributed by atoms with van der Waals surface area (Å²) in [6.45, 7) is 1.55. The SMILES string of the molecule is FC(F)(F)c1cc(N2CC3CCCC3C2)nc(Cl)n1. The van der Waals surface area contributed by atoms with Gasteiger partial charge in [-0.1, -0.05) is 6.42 Å². The van der Waals surface area contributed by atoms with Gasteiger partial charge in [-0.3, -0.25) is 0 Å². The third-order valence-corrected chi connectivity index (χ3v) is 4.20. The Morgan fingerprint density at radius 3 is 2.37 bits per heavy atom. The van der Waals surface area contributed by atoms with Crippen molar-refractivity contribution in [1.82, 2.24) is 9.97 Å². The van der Waals surface area contributed by atoms with Gasteiger partial charge in [-0.2, -0.15) is 13.2 Å². The quantitative estimate of drug-likeness (QED) is 0.743. The van der Waals surface area contributed by atoms with Crippen molar-refractivity contribution in [1.29, 1.82) is 0 Å². The zero-order valence-electron chi connectivity index (χ0n) is 10.1. The lowest BCUT2D eigenvalue weighted by Crippen LogP contribution is -2.23. The van der Waals surface area contributed by atoms with Crippen LogP contribution in [0.2, 0.25) is 5.28 Å². The van der Waals surface area contributed by atoms with E-state index in [-0.39, 0.29) is 5.28 Å².